The van der Waals surface area contributed by atoms with Gasteiger partial charge in [-0.2, -0.15) is 0 Å². The summed E-state index contributed by atoms with van der Waals surface area (Å²) in [5.74, 6) is -0.365. The van der Waals surface area contributed by atoms with Crippen molar-refractivity contribution in [2.45, 2.75) is 13.8 Å². The van der Waals surface area contributed by atoms with Gasteiger partial charge in [-0.25, -0.2) is 0 Å². The van der Waals surface area contributed by atoms with Crippen LogP contribution in [0.15, 0.2) is 36.5 Å². The lowest BCUT2D eigenvalue weighted by molar-refractivity contribution is 0.102. The number of nitrogens with one attached hydrogen (secondary N) is 1. The summed E-state index contributed by atoms with van der Waals surface area (Å²) >= 11 is 7.18. The van der Waals surface area contributed by atoms with Gasteiger partial charge in [-0.05, 0) is 31.5 Å². The second-order valence-electron chi connectivity index (χ2n) is 5.04. The first-order valence-corrected chi connectivity index (χ1v) is 8.06. The van der Waals surface area contributed by atoms with Gasteiger partial charge in [0.15, 0.2) is 0 Å². The largest absolute Gasteiger partial charge is 0.295 e. The third-order valence-corrected chi connectivity index (χ3v) is 4.32. The van der Waals surface area contributed by atoms with Gasteiger partial charge in [0, 0.05) is 16.8 Å². The molecule has 5 nitrogen and oxygen atoms in total. The Bertz CT molecular complexity index is 878. The van der Waals surface area contributed by atoms with Crippen molar-refractivity contribution in [1.29, 1.82) is 0 Å². The molecule has 0 bridgehead atoms. The molecule has 0 aliphatic carbocycles. The van der Waals surface area contributed by atoms with E-state index >= 15 is 0 Å². The number of nitrogens with zero attached hydrogens (tertiary/aromatic N) is 3. The molecule has 0 atom stereocenters. The summed E-state index contributed by atoms with van der Waals surface area (Å²) < 4.78 is 0. The minimum Gasteiger partial charge on any atom is -0.295 e. The minimum absolute atomic E-state index is 0.237. The van der Waals surface area contributed by atoms with Crippen LogP contribution in [-0.2, 0) is 0 Å². The van der Waals surface area contributed by atoms with Crippen LogP contribution in [0.4, 0.5) is 5.13 Å². The van der Waals surface area contributed by atoms with E-state index in [1.54, 1.807) is 6.07 Å². The maximum absolute atomic E-state index is 12.1. The fraction of sp³-hybridized carbons (Fsp3) is 0.125. The summed E-state index contributed by atoms with van der Waals surface area (Å²) in [6.45, 7) is 4.07. The Morgan fingerprint density at radius 3 is 2.74 bits per heavy atom. The lowest BCUT2D eigenvalue weighted by Gasteiger charge is -2.02. The summed E-state index contributed by atoms with van der Waals surface area (Å²) in [7, 11) is 0. The number of carbonyl (C=O) groups excluding carboxylic acids is 1. The van der Waals surface area contributed by atoms with Crippen LogP contribution in [0.5, 0.6) is 0 Å². The van der Waals surface area contributed by atoms with E-state index in [0.29, 0.717) is 10.2 Å². The van der Waals surface area contributed by atoms with Gasteiger partial charge >= 0.3 is 0 Å². The van der Waals surface area contributed by atoms with Gasteiger partial charge in [0.1, 0.15) is 10.7 Å². The van der Waals surface area contributed by atoms with Crippen LogP contribution in [0.1, 0.15) is 21.6 Å². The van der Waals surface area contributed by atoms with Crippen LogP contribution in [0.2, 0.25) is 5.02 Å². The smallest absolute Gasteiger partial charge is 0.276 e. The molecule has 0 unspecified atom stereocenters. The Morgan fingerprint density at radius 2 is 2.00 bits per heavy atom. The maximum atomic E-state index is 12.1. The van der Waals surface area contributed by atoms with Crippen LogP contribution in [0, 0.1) is 13.8 Å². The molecule has 1 aromatic carbocycles. The van der Waals surface area contributed by atoms with E-state index in [2.05, 4.69) is 26.6 Å². The maximum Gasteiger partial charge on any atom is 0.276 e. The van der Waals surface area contributed by atoms with Gasteiger partial charge in [-0.1, -0.05) is 46.7 Å². The summed E-state index contributed by atoms with van der Waals surface area (Å²) in [4.78, 5) is 16.1. The van der Waals surface area contributed by atoms with Crippen molar-refractivity contribution < 1.29 is 4.79 Å². The summed E-state index contributed by atoms with van der Waals surface area (Å²) in [5, 5.41) is 12.5. The molecule has 2 aromatic heterocycles. The molecular formula is C16H13ClN4OS. The van der Waals surface area contributed by atoms with Crippen molar-refractivity contribution in [2.75, 3.05) is 5.32 Å². The second-order valence-corrected chi connectivity index (χ2v) is 6.46. The summed E-state index contributed by atoms with van der Waals surface area (Å²) in [6, 6.07) is 9.24. The highest BCUT2D eigenvalue weighted by Crippen LogP contribution is 2.29. The van der Waals surface area contributed by atoms with Crippen molar-refractivity contribution in [3.63, 3.8) is 0 Å². The molecule has 116 valence electrons. The van der Waals surface area contributed by atoms with Gasteiger partial charge in [0.2, 0.25) is 5.13 Å². The average Bonchev–Trinajstić information content (AvgIpc) is 2.95. The molecule has 0 saturated heterocycles. The zero-order valence-electron chi connectivity index (χ0n) is 12.5. The lowest BCUT2D eigenvalue weighted by atomic mass is 10.1. The number of hydrogen-bond donors (Lipinski definition) is 1. The topological polar surface area (TPSA) is 67.8 Å². The van der Waals surface area contributed by atoms with Gasteiger partial charge in [0.05, 0.1) is 0 Å². The molecule has 23 heavy (non-hydrogen) atoms. The normalized spacial score (nSPS) is 10.6. The zero-order valence-corrected chi connectivity index (χ0v) is 14.1. The first-order chi connectivity index (χ1) is 11.0. The van der Waals surface area contributed by atoms with E-state index in [9.17, 15) is 4.79 Å². The third kappa shape index (κ3) is 3.55. The Hall–Kier alpha value is -2.31. The first kappa shape index (κ1) is 15.6. The molecular weight excluding hydrogens is 332 g/mol. The van der Waals surface area contributed by atoms with Crippen molar-refractivity contribution in [1.82, 2.24) is 15.2 Å². The van der Waals surface area contributed by atoms with E-state index in [1.165, 1.54) is 29.2 Å². The van der Waals surface area contributed by atoms with Crippen LogP contribution in [-0.4, -0.2) is 21.1 Å². The molecule has 0 aliphatic rings. The van der Waals surface area contributed by atoms with Gasteiger partial charge in [-0.3, -0.25) is 15.1 Å². The highest BCUT2D eigenvalue weighted by molar-refractivity contribution is 7.18. The number of pyridine rings is 1. The van der Waals surface area contributed by atoms with Crippen LogP contribution < -0.4 is 5.32 Å². The Morgan fingerprint density at radius 1 is 1.17 bits per heavy atom. The van der Waals surface area contributed by atoms with Crippen LogP contribution in [0.25, 0.3) is 10.6 Å². The second kappa shape index (κ2) is 6.44. The van der Waals surface area contributed by atoms with Crippen molar-refractivity contribution >= 4 is 34.0 Å². The lowest BCUT2D eigenvalue weighted by Crippen LogP contribution is -2.13. The highest BCUT2D eigenvalue weighted by atomic mass is 35.5. The predicted molar refractivity (Wildman–Crippen MR) is 92.0 cm³/mol. The van der Waals surface area contributed by atoms with E-state index in [4.69, 9.17) is 11.6 Å². The predicted octanol–water partition coefficient (Wildman–Crippen LogP) is 4.12. The molecule has 0 fully saturated rings. The molecule has 0 radical (unpaired) electrons. The van der Waals surface area contributed by atoms with E-state index in [-0.39, 0.29) is 11.6 Å². The van der Waals surface area contributed by atoms with E-state index in [1.807, 2.05) is 26.0 Å². The summed E-state index contributed by atoms with van der Waals surface area (Å²) in [6.07, 6.45) is 1.48. The number of carbonyl (C=O) groups is 1. The standard InChI is InChI=1S/C16H13ClN4OS/c1-9-3-4-12(10(2)7-9)15-20-21-16(23-15)19-14(22)13-8-11(17)5-6-18-13/h3-8H,1-2H3,(H,19,21,22). The number of halogens is 1. The molecule has 0 spiro atoms. The van der Waals surface area contributed by atoms with E-state index in [0.717, 1.165) is 16.1 Å². The van der Waals surface area contributed by atoms with Gasteiger partial charge < -0.3 is 0 Å². The fourth-order valence-corrected chi connectivity index (χ4v) is 3.12. The van der Waals surface area contributed by atoms with Crippen LogP contribution in [0.3, 0.4) is 0 Å². The van der Waals surface area contributed by atoms with Crippen molar-refractivity contribution in [3.8, 4) is 10.6 Å². The minimum atomic E-state index is -0.365. The Labute approximate surface area is 142 Å². The monoisotopic (exact) mass is 344 g/mol. The van der Waals surface area contributed by atoms with Crippen molar-refractivity contribution in [2.24, 2.45) is 0 Å². The SMILES string of the molecule is Cc1ccc(-c2nnc(NC(=O)c3cc(Cl)ccn3)s2)c(C)c1. The molecule has 3 rings (SSSR count). The number of amides is 1. The molecule has 1 N–H and O–H groups in total. The first-order valence-electron chi connectivity index (χ1n) is 6.87. The zero-order chi connectivity index (χ0) is 16.4. The molecule has 2 heterocycles. The van der Waals surface area contributed by atoms with E-state index < -0.39 is 0 Å². The molecule has 3 aromatic rings. The molecule has 0 saturated carbocycles. The number of rotatable bonds is 3. The van der Waals surface area contributed by atoms with Gasteiger partial charge in [0.25, 0.3) is 5.91 Å². The third-order valence-electron chi connectivity index (χ3n) is 3.21. The number of aromatic nitrogens is 3. The highest BCUT2D eigenvalue weighted by Gasteiger charge is 2.13. The molecule has 0 aliphatic heterocycles. The summed E-state index contributed by atoms with van der Waals surface area (Å²) in [5.41, 5.74) is 3.56. The number of benzene rings is 1. The quantitative estimate of drug-likeness (QED) is 0.776. The average molecular weight is 345 g/mol. The van der Waals surface area contributed by atoms with Crippen LogP contribution >= 0.6 is 22.9 Å². The Kier molecular flexibility index (Phi) is 4.36. The fourth-order valence-electron chi connectivity index (χ4n) is 2.13. The number of anilines is 1. The number of hydrogen-bond acceptors (Lipinski definition) is 5. The van der Waals surface area contributed by atoms with Gasteiger partial charge in [-0.15, -0.1) is 10.2 Å². The molecule has 7 heteroatoms. The Balaban J connectivity index is 1.81. The number of aryl methyl sites for hydroxylation is 2. The molecule has 1 amide bonds. The van der Waals surface area contributed by atoms with Crippen molar-refractivity contribution in [3.05, 3.63) is 58.4 Å².